The molecular formula is C11H11BrF3NO3S. The van der Waals surface area contributed by atoms with Crippen molar-refractivity contribution < 1.29 is 26.3 Å². The summed E-state index contributed by atoms with van der Waals surface area (Å²) in [5.41, 5.74) is -1.00. The fourth-order valence-corrected chi connectivity index (χ4v) is 3.75. The van der Waals surface area contributed by atoms with Gasteiger partial charge in [0, 0.05) is 18.1 Å². The largest absolute Gasteiger partial charge is 0.416 e. The van der Waals surface area contributed by atoms with E-state index in [-0.39, 0.29) is 17.1 Å². The standard InChI is InChI=1S/C11H11BrF3NO3S/c1-16(5-8-6-19-8)20(17,18)10-4-7(11(13,14)15)2-3-9(10)12/h2-4,8H,5-6H2,1H3/t8-/m0/s1. The predicted octanol–water partition coefficient (Wildman–Crippen LogP) is 2.49. The van der Waals surface area contributed by atoms with Crippen molar-refractivity contribution in [1.29, 1.82) is 0 Å². The third kappa shape index (κ3) is 3.33. The maximum atomic E-state index is 12.7. The molecule has 0 aliphatic carbocycles. The third-order valence-corrected chi connectivity index (χ3v) is 5.63. The first-order chi connectivity index (χ1) is 9.12. The summed E-state index contributed by atoms with van der Waals surface area (Å²) in [6, 6.07) is 2.54. The van der Waals surface area contributed by atoms with Crippen molar-refractivity contribution in [3.63, 3.8) is 0 Å². The average Bonchev–Trinajstić information content (AvgIpc) is 3.11. The van der Waals surface area contributed by atoms with Gasteiger partial charge in [0.15, 0.2) is 0 Å². The summed E-state index contributed by atoms with van der Waals surface area (Å²) < 4.78 is 68.5. The molecule has 20 heavy (non-hydrogen) atoms. The molecule has 1 aliphatic heterocycles. The number of ether oxygens (including phenoxy) is 1. The minimum atomic E-state index is -4.59. The molecular weight excluding hydrogens is 363 g/mol. The second-order valence-electron chi connectivity index (χ2n) is 4.38. The molecule has 0 bridgehead atoms. The van der Waals surface area contributed by atoms with Crippen LogP contribution in [0.5, 0.6) is 0 Å². The number of hydrogen-bond donors (Lipinski definition) is 0. The van der Waals surface area contributed by atoms with Crippen molar-refractivity contribution in [2.24, 2.45) is 0 Å². The lowest BCUT2D eigenvalue weighted by molar-refractivity contribution is -0.137. The molecule has 112 valence electrons. The minimum Gasteiger partial charge on any atom is -0.372 e. The van der Waals surface area contributed by atoms with Crippen molar-refractivity contribution >= 4 is 26.0 Å². The van der Waals surface area contributed by atoms with E-state index in [1.807, 2.05) is 0 Å². The molecule has 1 saturated heterocycles. The van der Waals surface area contributed by atoms with E-state index in [2.05, 4.69) is 15.9 Å². The van der Waals surface area contributed by atoms with Crippen molar-refractivity contribution in [1.82, 2.24) is 4.31 Å². The molecule has 0 amide bonds. The van der Waals surface area contributed by atoms with Crippen LogP contribution in [-0.4, -0.2) is 39.0 Å². The lowest BCUT2D eigenvalue weighted by atomic mass is 10.2. The van der Waals surface area contributed by atoms with Crippen molar-refractivity contribution in [3.05, 3.63) is 28.2 Å². The van der Waals surface area contributed by atoms with Gasteiger partial charge in [0.1, 0.15) is 0 Å². The van der Waals surface area contributed by atoms with E-state index in [0.29, 0.717) is 12.7 Å². The van der Waals surface area contributed by atoms with Crippen LogP contribution >= 0.6 is 15.9 Å². The van der Waals surface area contributed by atoms with Crippen LogP contribution in [0, 0.1) is 0 Å². The van der Waals surface area contributed by atoms with E-state index in [0.717, 1.165) is 16.4 Å². The molecule has 1 aliphatic rings. The molecule has 0 N–H and O–H groups in total. The summed E-state index contributed by atoms with van der Waals surface area (Å²) in [7, 11) is -2.69. The quantitative estimate of drug-likeness (QED) is 0.761. The zero-order chi connectivity index (χ0) is 15.1. The molecule has 4 nitrogen and oxygen atoms in total. The Labute approximate surface area is 122 Å². The summed E-state index contributed by atoms with van der Waals surface area (Å²) in [5, 5.41) is 0. The number of benzene rings is 1. The molecule has 1 aromatic carbocycles. The Morgan fingerprint density at radius 2 is 2.05 bits per heavy atom. The summed E-state index contributed by atoms with van der Waals surface area (Å²) in [5.74, 6) is 0. The number of alkyl halides is 3. The maximum Gasteiger partial charge on any atom is 0.416 e. The first kappa shape index (κ1) is 15.7. The summed E-state index contributed by atoms with van der Waals surface area (Å²) in [4.78, 5) is -0.407. The lowest BCUT2D eigenvalue weighted by Gasteiger charge is -2.18. The number of hydrogen-bond acceptors (Lipinski definition) is 3. The van der Waals surface area contributed by atoms with Gasteiger partial charge in [-0.15, -0.1) is 0 Å². The molecule has 2 rings (SSSR count). The van der Waals surface area contributed by atoms with Crippen molar-refractivity contribution in [2.75, 3.05) is 20.2 Å². The molecule has 1 aromatic rings. The van der Waals surface area contributed by atoms with Crippen LogP contribution in [0.3, 0.4) is 0 Å². The molecule has 1 atom stereocenters. The SMILES string of the molecule is CN(C[C@H]1CO1)S(=O)(=O)c1cc(C(F)(F)F)ccc1Br. The number of epoxide rings is 1. The van der Waals surface area contributed by atoms with Gasteiger partial charge in [0.2, 0.25) is 10.0 Å². The highest BCUT2D eigenvalue weighted by Crippen LogP contribution is 2.34. The molecule has 0 aromatic heterocycles. The minimum absolute atomic E-state index is 0.0917. The maximum absolute atomic E-state index is 12.7. The van der Waals surface area contributed by atoms with E-state index in [9.17, 15) is 21.6 Å². The molecule has 1 heterocycles. The van der Waals surface area contributed by atoms with Crippen LogP contribution in [0.1, 0.15) is 5.56 Å². The summed E-state index contributed by atoms with van der Waals surface area (Å²) in [6.45, 7) is 0.578. The van der Waals surface area contributed by atoms with E-state index >= 15 is 0 Å². The topological polar surface area (TPSA) is 49.9 Å². The van der Waals surface area contributed by atoms with Gasteiger partial charge in [-0.25, -0.2) is 8.42 Å². The number of sulfonamides is 1. The Bertz CT molecular complexity index is 614. The monoisotopic (exact) mass is 373 g/mol. The third-order valence-electron chi connectivity index (χ3n) is 2.81. The van der Waals surface area contributed by atoms with E-state index in [1.54, 1.807) is 0 Å². The number of rotatable bonds is 4. The van der Waals surface area contributed by atoms with Gasteiger partial charge < -0.3 is 4.74 Å². The van der Waals surface area contributed by atoms with Gasteiger partial charge >= 0.3 is 6.18 Å². The van der Waals surface area contributed by atoms with Crippen LogP contribution in [-0.2, 0) is 20.9 Å². The zero-order valence-electron chi connectivity index (χ0n) is 10.3. The van der Waals surface area contributed by atoms with Gasteiger partial charge in [-0.2, -0.15) is 17.5 Å². The van der Waals surface area contributed by atoms with Crippen LogP contribution in [0.2, 0.25) is 0 Å². The summed E-state index contributed by atoms with van der Waals surface area (Å²) >= 11 is 2.98. The molecule has 9 heteroatoms. The Balaban J connectivity index is 2.39. The van der Waals surface area contributed by atoms with Crippen LogP contribution < -0.4 is 0 Å². The Morgan fingerprint density at radius 3 is 2.55 bits per heavy atom. The van der Waals surface area contributed by atoms with Gasteiger partial charge in [-0.1, -0.05) is 0 Å². The Kier molecular flexibility index (Phi) is 4.16. The van der Waals surface area contributed by atoms with E-state index in [1.165, 1.54) is 7.05 Å². The smallest absolute Gasteiger partial charge is 0.372 e. The number of halogens is 4. The molecule has 1 fully saturated rings. The number of likely N-dealkylation sites (N-methyl/N-ethyl adjacent to an activating group) is 1. The normalized spacial score (nSPS) is 19.4. The van der Waals surface area contributed by atoms with Crippen molar-refractivity contribution in [3.8, 4) is 0 Å². The highest BCUT2D eigenvalue weighted by molar-refractivity contribution is 9.10. The zero-order valence-corrected chi connectivity index (χ0v) is 12.7. The van der Waals surface area contributed by atoms with E-state index in [4.69, 9.17) is 4.74 Å². The summed E-state index contributed by atoms with van der Waals surface area (Å²) in [6.07, 6.45) is -4.78. The highest BCUT2D eigenvalue weighted by atomic mass is 79.9. The first-order valence-corrected chi connectivity index (χ1v) is 7.80. The van der Waals surface area contributed by atoms with Crippen LogP contribution in [0.25, 0.3) is 0 Å². The lowest BCUT2D eigenvalue weighted by Crippen LogP contribution is -2.31. The Hall–Kier alpha value is -0.640. The molecule has 0 unspecified atom stereocenters. The number of nitrogens with zero attached hydrogens (tertiary/aromatic N) is 1. The van der Waals surface area contributed by atoms with Crippen LogP contribution in [0.4, 0.5) is 13.2 Å². The predicted molar refractivity (Wildman–Crippen MR) is 68.7 cm³/mol. The van der Waals surface area contributed by atoms with Crippen molar-refractivity contribution in [2.45, 2.75) is 17.2 Å². The second kappa shape index (κ2) is 5.28. The molecule has 0 saturated carbocycles. The molecule has 0 spiro atoms. The van der Waals surface area contributed by atoms with E-state index < -0.39 is 26.7 Å². The average molecular weight is 374 g/mol. The van der Waals surface area contributed by atoms with Crippen LogP contribution in [0.15, 0.2) is 27.6 Å². The van der Waals surface area contributed by atoms with Gasteiger partial charge in [-0.3, -0.25) is 0 Å². The van der Waals surface area contributed by atoms with Gasteiger partial charge in [-0.05, 0) is 34.1 Å². The fraction of sp³-hybridized carbons (Fsp3) is 0.455. The fourth-order valence-electron chi connectivity index (χ4n) is 1.60. The van der Waals surface area contributed by atoms with Gasteiger partial charge in [0.05, 0.1) is 23.2 Å². The first-order valence-electron chi connectivity index (χ1n) is 5.57. The Morgan fingerprint density at radius 1 is 1.45 bits per heavy atom. The molecule has 0 radical (unpaired) electrons. The highest BCUT2D eigenvalue weighted by Gasteiger charge is 2.35. The van der Waals surface area contributed by atoms with Gasteiger partial charge in [0.25, 0.3) is 0 Å². The second-order valence-corrected chi connectivity index (χ2v) is 7.25.